The van der Waals surface area contributed by atoms with Crippen molar-refractivity contribution in [1.82, 2.24) is 4.98 Å². The highest BCUT2D eigenvalue weighted by atomic mass is 19.3. The van der Waals surface area contributed by atoms with E-state index in [1.165, 1.54) is 0 Å². The second-order valence-corrected chi connectivity index (χ2v) is 3.50. The van der Waals surface area contributed by atoms with Crippen molar-refractivity contribution in [2.75, 3.05) is 0 Å². The van der Waals surface area contributed by atoms with Crippen LogP contribution in [0.3, 0.4) is 0 Å². The summed E-state index contributed by atoms with van der Waals surface area (Å²) in [5.41, 5.74) is -0.760. The lowest BCUT2D eigenvalue weighted by Crippen LogP contribution is -2.08. The van der Waals surface area contributed by atoms with Crippen LogP contribution in [0.25, 0.3) is 0 Å². The lowest BCUT2D eigenvalue weighted by atomic mass is 9.85. The van der Waals surface area contributed by atoms with Gasteiger partial charge in [0.05, 0.1) is 0 Å². The molecule has 1 aliphatic carbocycles. The minimum atomic E-state index is -2.91. The van der Waals surface area contributed by atoms with E-state index in [4.69, 9.17) is 9.52 Å². The Hall–Kier alpha value is -1.46. The molecule has 0 spiro atoms. The van der Waals surface area contributed by atoms with E-state index < -0.39 is 23.8 Å². The van der Waals surface area contributed by atoms with E-state index in [1.807, 2.05) is 0 Å². The summed E-state index contributed by atoms with van der Waals surface area (Å²) < 4.78 is 29.7. The molecule has 1 N–H and O–H groups in total. The normalized spacial score (nSPS) is 16.7. The first-order valence-electron chi connectivity index (χ1n) is 4.61. The Kier molecular flexibility index (Phi) is 2.42. The van der Waals surface area contributed by atoms with Crippen LogP contribution in [0.15, 0.2) is 4.42 Å². The van der Waals surface area contributed by atoms with Gasteiger partial charge in [0, 0.05) is 5.92 Å². The van der Waals surface area contributed by atoms with E-state index in [1.54, 1.807) is 0 Å². The molecule has 0 radical (unpaired) electrons. The predicted molar refractivity (Wildman–Crippen MR) is 45.0 cm³/mol. The molecule has 1 aromatic rings. The number of hydrogen-bond donors (Lipinski definition) is 1. The monoisotopic (exact) mass is 217 g/mol. The summed E-state index contributed by atoms with van der Waals surface area (Å²) in [7, 11) is 0. The molecule has 4 nitrogen and oxygen atoms in total. The fourth-order valence-corrected chi connectivity index (χ4v) is 1.48. The van der Waals surface area contributed by atoms with E-state index in [-0.39, 0.29) is 11.8 Å². The Morgan fingerprint density at radius 3 is 2.53 bits per heavy atom. The number of carboxylic acids is 1. The predicted octanol–water partition coefficient (Wildman–Crippen LogP) is 2.58. The van der Waals surface area contributed by atoms with Gasteiger partial charge in [0.25, 0.3) is 6.43 Å². The highest BCUT2D eigenvalue weighted by Crippen LogP contribution is 2.37. The van der Waals surface area contributed by atoms with Crippen LogP contribution in [0.4, 0.5) is 8.78 Å². The summed E-state index contributed by atoms with van der Waals surface area (Å²) in [6.45, 7) is 0. The maximum atomic E-state index is 12.4. The molecule has 1 aromatic heterocycles. The molecule has 1 saturated carbocycles. The lowest BCUT2D eigenvalue weighted by molar-refractivity contribution is 0.0642. The van der Waals surface area contributed by atoms with Gasteiger partial charge in [0.1, 0.15) is 0 Å². The van der Waals surface area contributed by atoms with Gasteiger partial charge in [-0.1, -0.05) is 6.42 Å². The van der Waals surface area contributed by atoms with Crippen molar-refractivity contribution >= 4 is 5.97 Å². The number of halogens is 2. The van der Waals surface area contributed by atoms with Gasteiger partial charge in [-0.25, -0.2) is 18.6 Å². The van der Waals surface area contributed by atoms with Gasteiger partial charge in [0.15, 0.2) is 11.6 Å². The van der Waals surface area contributed by atoms with Crippen molar-refractivity contribution in [2.45, 2.75) is 31.6 Å². The Morgan fingerprint density at radius 2 is 2.20 bits per heavy atom. The number of hydrogen-bond acceptors (Lipinski definition) is 3. The van der Waals surface area contributed by atoms with Crippen LogP contribution in [0, 0.1) is 0 Å². The van der Waals surface area contributed by atoms with Crippen molar-refractivity contribution in [2.24, 2.45) is 0 Å². The van der Waals surface area contributed by atoms with E-state index in [2.05, 4.69) is 4.98 Å². The minimum Gasteiger partial charge on any atom is -0.475 e. The van der Waals surface area contributed by atoms with Crippen molar-refractivity contribution < 1.29 is 23.1 Å². The second-order valence-electron chi connectivity index (χ2n) is 3.50. The number of carbonyl (C=O) groups is 1. The highest BCUT2D eigenvalue weighted by molar-refractivity contribution is 5.85. The number of oxazole rings is 1. The van der Waals surface area contributed by atoms with E-state index in [0.29, 0.717) is 0 Å². The standard InChI is InChI=1S/C9H9F2NO3/c10-7(11)5-6(9(13)14)15-8(12-5)4-2-1-3-4/h4,7H,1-3H2,(H,13,14). The quantitative estimate of drug-likeness (QED) is 0.845. The zero-order valence-electron chi connectivity index (χ0n) is 7.74. The van der Waals surface area contributed by atoms with Crippen LogP contribution < -0.4 is 0 Å². The van der Waals surface area contributed by atoms with Gasteiger partial charge in [-0.15, -0.1) is 0 Å². The third kappa shape index (κ3) is 1.71. The molecule has 1 aliphatic rings. The summed E-state index contributed by atoms with van der Waals surface area (Å²) in [6.07, 6.45) is -0.266. The van der Waals surface area contributed by atoms with Crippen molar-refractivity contribution in [3.8, 4) is 0 Å². The average Bonchev–Trinajstić information content (AvgIpc) is 2.45. The van der Waals surface area contributed by atoms with E-state index >= 15 is 0 Å². The highest BCUT2D eigenvalue weighted by Gasteiger charge is 2.31. The number of carboxylic acid groups (broad SMARTS) is 1. The van der Waals surface area contributed by atoms with Crippen LogP contribution >= 0.6 is 0 Å². The molecular weight excluding hydrogens is 208 g/mol. The van der Waals surface area contributed by atoms with Crippen molar-refractivity contribution in [3.05, 3.63) is 17.3 Å². The maximum absolute atomic E-state index is 12.4. The summed E-state index contributed by atoms with van der Waals surface area (Å²) in [5.74, 6) is -2.08. The fraction of sp³-hybridized carbons (Fsp3) is 0.556. The topological polar surface area (TPSA) is 63.3 Å². The van der Waals surface area contributed by atoms with Crippen LogP contribution in [0.2, 0.25) is 0 Å². The summed E-state index contributed by atoms with van der Waals surface area (Å²) in [6, 6.07) is 0. The number of nitrogens with zero attached hydrogens (tertiary/aromatic N) is 1. The molecule has 6 heteroatoms. The van der Waals surface area contributed by atoms with Gasteiger partial charge in [0.2, 0.25) is 5.76 Å². The number of alkyl halides is 2. The van der Waals surface area contributed by atoms with Gasteiger partial charge in [-0.3, -0.25) is 0 Å². The third-order valence-corrected chi connectivity index (χ3v) is 2.53. The first-order valence-corrected chi connectivity index (χ1v) is 4.61. The fourth-order valence-electron chi connectivity index (χ4n) is 1.48. The molecule has 0 aliphatic heterocycles. The zero-order chi connectivity index (χ0) is 11.0. The molecule has 0 atom stereocenters. The molecular formula is C9H9F2NO3. The summed E-state index contributed by atoms with van der Waals surface area (Å²) >= 11 is 0. The van der Waals surface area contributed by atoms with Gasteiger partial charge >= 0.3 is 5.97 Å². The van der Waals surface area contributed by atoms with Gasteiger partial charge in [-0.05, 0) is 12.8 Å². The van der Waals surface area contributed by atoms with Crippen molar-refractivity contribution in [3.63, 3.8) is 0 Å². The van der Waals surface area contributed by atoms with Crippen molar-refractivity contribution in [1.29, 1.82) is 0 Å². The molecule has 82 valence electrons. The van der Waals surface area contributed by atoms with Gasteiger partial charge < -0.3 is 9.52 Å². The molecule has 0 aromatic carbocycles. The molecule has 2 rings (SSSR count). The smallest absolute Gasteiger partial charge is 0.374 e. The average molecular weight is 217 g/mol. The number of rotatable bonds is 3. The Bertz CT molecular complexity index is 385. The van der Waals surface area contributed by atoms with Crippen LogP contribution in [-0.4, -0.2) is 16.1 Å². The molecule has 0 saturated heterocycles. The first-order chi connectivity index (χ1) is 7.09. The largest absolute Gasteiger partial charge is 0.475 e. The third-order valence-electron chi connectivity index (χ3n) is 2.53. The van der Waals surface area contributed by atoms with E-state index in [0.717, 1.165) is 19.3 Å². The van der Waals surface area contributed by atoms with Crippen LogP contribution in [0.1, 0.15) is 53.7 Å². The molecule has 0 amide bonds. The zero-order valence-corrected chi connectivity index (χ0v) is 7.74. The Labute approximate surface area is 83.9 Å². The summed E-state index contributed by atoms with van der Waals surface area (Å²) in [5, 5.41) is 8.63. The molecule has 1 heterocycles. The second kappa shape index (κ2) is 3.60. The summed E-state index contributed by atoms with van der Waals surface area (Å²) in [4.78, 5) is 14.2. The minimum absolute atomic E-state index is 0.00981. The SMILES string of the molecule is O=C(O)c1oc(C2CCC2)nc1C(F)F. The Morgan fingerprint density at radius 1 is 1.53 bits per heavy atom. The van der Waals surface area contributed by atoms with Gasteiger partial charge in [-0.2, -0.15) is 0 Å². The molecule has 0 bridgehead atoms. The molecule has 0 unspecified atom stereocenters. The van der Waals surface area contributed by atoms with E-state index in [9.17, 15) is 13.6 Å². The number of aromatic carboxylic acids is 1. The Balaban J connectivity index is 2.34. The molecule has 15 heavy (non-hydrogen) atoms. The first kappa shape index (κ1) is 10.1. The maximum Gasteiger partial charge on any atom is 0.374 e. The van der Waals surface area contributed by atoms with Crippen LogP contribution in [0.5, 0.6) is 0 Å². The number of aromatic nitrogens is 1. The lowest BCUT2D eigenvalue weighted by Gasteiger charge is -2.21. The molecule has 1 fully saturated rings. The van der Waals surface area contributed by atoms with Crippen LogP contribution in [-0.2, 0) is 0 Å².